The zero-order valence-electron chi connectivity index (χ0n) is 12.1. The molecule has 1 aliphatic rings. The summed E-state index contributed by atoms with van der Waals surface area (Å²) in [6.45, 7) is 0.100. The van der Waals surface area contributed by atoms with Crippen LogP contribution in [0.2, 0.25) is 0 Å². The van der Waals surface area contributed by atoms with Gasteiger partial charge in [0.25, 0.3) is 0 Å². The Bertz CT molecular complexity index is 811. The summed E-state index contributed by atoms with van der Waals surface area (Å²) in [5.74, 6) is 0.0193. The molecule has 0 amide bonds. The van der Waals surface area contributed by atoms with Gasteiger partial charge in [-0.3, -0.25) is 4.79 Å². The van der Waals surface area contributed by atoms with E-state index in [0.717, 1.165) is 4.47 Å². The molecule has 124 valence electrons. The van der Waals surface area contributed by atoms with Crippen molar-refractivity contribution in [3.05, 3.63) is 63.6 Å². The second kappa shape index (κ2) is 6.32. The van der Waals surface area contributed by atoms with Gasteiger partial charge in [0.1, 0.15) is 18.1 Å². The Morgan fingerprint density at radius 2 is 1.83 bits per heavy atom. The smallest absolute Gasteiger partial charge is 0.488 e. The quantitative estimate of drug-likeness (QED) is 0.667. The second-order valence-corrected chi connectivity index (χ2v) is 5.96. The Kier molecular flexibility index (Phi) is 4.36. The van der Waals surface area contributed by atoms with Crippen LogP contribution in [0.25, 0.3) is 6.08 Å². The first kappa shape index (κ1) is 16.6. The lowest BCUT2D eigenvalue weighted by Crippen LogP contribution is -2.19. The third-order valence-electron chi connectivity index (χ3n) is 3.32. The van der Waals surface area contributed by atoms with Gasteiger partial charge in [-0.25, -0.2) is 0 Å². The summed E-state index contributed by atoms with van der Waals surface area (Å²) in [6, 6.07) is 10.4. The molecule has 0 fully saturated rings. The monoisotopic (exact) mass is 398 g/mol. The number of halogens is 4. The number of hydrogen-bond donors (Lipinski definition) is 0. The Morgan fingerprint density at radius 3 is 2.50 bits per heavy atom. The molecule has 7 heteroatoms. The maximum Gasteiger partial charge on any atom is 0.573 e. The summed E-state index contributed by atoms with van der Waals surface area (Å²) in [5.41, 5.74) is 1.46. The van der Waals surface area contributed by atoms with E-state index >= 15 is 0 Å². The zero-order valence-corrected chi connectivity index (χ0v) is 13.6. The molecule has 0 N–H and O–H groups in total. The fourth-order valence-electron chi connectivity index (χ4n) is 2.27. The van der Waals surface area contributed by atoms with E-state index in [1.807, 2.05) is 0 Å². The number of Topliss-reactive ketones (excluding diaryl/α,β-unsaturated/α-hetero) is 1. The van der Waals surface area contributed by atoms with Crippen molar-refractivity contribution in [2.75, 3.05) is 6.61 Å². The molecule has 0 saturated heterocycles. The highest BCUT2D eigenvalue weighted by atomic mass is 79.9. The molecule has 0 unspecified atom stereocenters. The molecule has 0 aromatic heterocycles. The lowest BCUT2D eigenvalue weighted by Gasteiger charge is -2.19. The van der Waals surface area contributed by atoms with Gasteiger partial charge in [-0.15, -0.1) is 13.2 Å². The molecule has 0 spiro atoms. The van der Waals surface area contributed by atoms with Crippen molar-refractivity contribution in [3.63, 3.8) is 0 Å². The number of carbonyl (C=O) groups excluding carboxylic acids is 1. The largest absolute Gasteiger partial charge is 0.573 e. The number of rotatable bonds is 2. The van der Waals surface area contributed by atoms with E-state index in [-0.39, 0.29) is 18.1 Å². The van der Waals surface area contributed by atoms with E-state index in [1.165, 1.54) is 24.3 Å². The first-order valence-corrected chi connectivity index (χ1v) is 7.64. The molecule has 0 saturated carbocycles. The van der Waals surface area contributed by atoms with Gasteiger partial charge < -0.3 is 9.47 Å². The van der Waals surface area contributed by atoms with Gasteiger partial charge in [0.2, 0.25) is 0 Å². The van der Waals surface area contributed by atoms with Gasteiger partial charge in [-0.05, 0) is 42.0 Å². The van der Waals surface area contributed by atoms with E-state index in [4.69, 9.17) is 4.74 Å². The van der Waals surface area contributed by atoms with Crippen LogP contribution in [0.1, 0.15) is 15.9 Å². The van der Waals surface area contributed by atoms with Gasteiger partial charge in [0.05, 0.1) is 5.56 Å². The van der Waals surface area contributed by atoms with Gasteiger partial charge in [0, 0.05) is 10.0 Å². The minimum atomic E-state index is -4.73. The molecule has 3 nitrogen and oxygen atoms in total. The van der Waals surface area contributed by atoms with Crippen LogP contribution < -0.4 is 9.47 Å². The molecule has 1 aliphatic heterocycles. The van der Waals surface area contributed by atoms with Crippen molar-refractivity contribution >= 4 is 27.8 Å². The molecule has 3 rings (SSSR count). The van der Waals surface area contributed by atoms with Crippen LogP contribution in [0.15, 0.2) is 52.5 Å². The van der Waals surface area contributed by atoms with Crippen LogP contribution in [-0.2, 0) is 0 Å². The van der Waals surface area contributed by atoms with Gasteiger partial charge in [-0.1, -0.05) is 28.1 Å². The molecule has 2 aromatic rings. The number of alkyl halides is 3. The molecular weight excluding hydrogens is 389 g/mol. The number of hydrogen-bond acceptors (Lipinski definition) is 3. The Labute approximate surface area is 143 Å². The fourth-order valence-corrected chi connectivity index (χ4v) is 2.61. The summed E-state index contributed by atoms with van der Waals surface area (Å²) in [5, 5.41) is 0. The first-order valence-electron chi connectivity index (χ1n) is 6.85. The van der Waals surface area contributed by atoms with Crippen LogP contribution in [0.4, 0.5) is 13.2 Å². The van der Waals surface area contributed by atoms with Gasteiger partial charge in [-0.2, -0.15) is 0 Å². The van der Waals surface area contributed by atoms with E-state index < -0.39 is 6.36 Å². The molecule has 1 heterocycles. The minimum absolute atomic E-state index is 0.100. The summed E-state index contributed by atoms with van der Waals surface area (Å²) in [6.07, 6.45) is -3.14. The molecule has 0 bridgehead atoms. The van der Waals surface area contributed by atoms with Crippen molar-refractivity contribution in [1.82, 2.24) is 0 Å². The molecule has 24 heavy (non-hydrogen) atoms. The maximum atomic E-state index is 12.4. The van der Waals surface area contributed by atoms with Crippen LogP contribution in [-0.4, -0.2) is 18.8 Å². The van der Waals surface area contributed by atoms with Crippen molar-refractivity contribution in [3.8, 4) is 11.5 Å². The SMILES string of the molecule is O=C1/C(=C\c2ccc(OC(F)(F)F)cc2)COc2cc(Br)ccc21. The maximum absolute atomic E-state index is 12.4. The van der Waals surface area contributed by atoms with E-state index in [1.54, 1.807) is 24.3 Å². The third kappa shape index (κ3) is 3.79. The minimum Gasteiger partial charge on any atom is -0.488 e. The van der Waals surface area contributed by atoms with Crippen molar-refractivity contribution in [2.45, 2.75) is 6.36 Å². The fraction of sp³-hybridized carbons (Fsp3) is 0.118. The van der Waals surface area contributed by atoms with Crippen molar-refractivity contribution < 1.29 is 27.4 Å². The van der Waals surface area contributed by atoms with Gasteiger partial charge in [0.15, 0.2) is 5.78 Å². The van der Waals surface area contributed by atoms with Gasteiger partial charge >= 0.3 is 6.36 Å². The van der Waals surface area contributed by atoms with Crippen molar-refractivity contribution in [1.29, 1.82) is 0 Å². The average Bonchev–Trinajstić information content (AvgIpc) is 2.50. The summed E-state index contributed by atoms with van der Waals surface area (Å²) < 4.78 is 46.6. The van der Waals surface area contributed by atoms with E-state index in [9.17, 15) is 18.0 Å². The lowest BCUT2D eigenvalue weighted by atomic mass is 9.98. The zero-order chi connectivity index (χ0) is 17.3. The molecule has 0 aliphatic carbocycles. The predicted molar refractivity (Wildman–Crippen MR) is 85.1 cm³/mol. The number of ketones is 1. The topological polar surface area (TPSA) is 35.5 Å². The van der Waals surface area contributed by atoms with E-state index in [0.29, 0.717) is 22.4 Å². The predicted octanol–water partition coefficient (Wildman–Crippen LogP) is 5.01. The van der Waals surface area contributed by atoms with Crippen LogP contribution in [0.3, 0.4) is 0 Å². The third-order valence-corrected chi connectivity index (χ3v) is 3.81. The summed E-state index contributed by atoms with van der Waals surface area (Å²) >= 11 is 3.31. The molecular formula is C17H10BrF3O3. The molecule has 2 aromatic carbocycles. The average molecular weight is 399 g/mol. The normalized spacial score (nSPS) is 15.8. The highest BCUT2D eigenvalue weighted by Gasteiger charge is 2.31. The van der Waals surface area contributed by atoms with E-state index in [2.05, 4.69) is 20.7 Å². The number of benzene rings is 2. The number of carbonyl (C=O) groups is 1. The first-order chi connectivity index (χ1) is 11.3. The second-order valence-electron chi connectivity index (χ2n) is 5.04. The number of fused-ring (bicyclic) bond motifs is 1. The Hall–Kier alpha value is -2.28. The Morgan fingerprint density at radius 1 is 1.12 bits per heavy atom. The van der Waals surface area contributed by atoms with Crippen LogP contribution >= 0.6 is 15.9 Å². The van der Waals surface area contributed by atoms with Crippen LogP contribution in [0, 0.1) is 0 Å². The highest BCUT2D eigenvalue weighted by molar-refractivity contribution is 9.10. The lowest BCUT2D eigenvalue weighted by molar-refractivity contribution is -0.274. The summed E-state index contributed by atoms with van der Waals surface area (Å²) in [4.78, 5) is 12.4. The standard InChI is InChI=1S/C17H10BrF3O3/c18-12-3-6-14-15(8-12)23-9-11(16(14)22)7-10-1-4-13(5-2-10)24-17(19,20)21/h1-8H,9H2/b11-7-. The van der Waals surface area contributed by atoms with Crippen molar-refractivity contribution in [2.24, 2.45) is 0 Å². The summed E-state index contributed by atoms with van der Waals surface area (Å²) in [7, 11) is 0. The highest BCUT2D eigenvalue weighted by Crippen LogP contribution is 2.31. The van der Waals surface area contributed by atoms with Crippen LogP contribution in [0.5, 0.6) is 11.5 Å². The number of ether oxygens (including phenoxy) is 2. The molecule has 0 radical (unpaired) electrons. The Balaban J connectivity index is 1.82. The molecule has 0 atom stereocenters.